The normalized spacial score (nSPS) is 18.0. The second-order valence-corrected chi connectivity index (χ2v) is 6.37. The average molecular weight is 324 g/mol. The van der Waals surface area contributed by atoms with E-state index in [9.17, 15) is 4.21 Å². The first-order valence-corrected chi connectivity index (χ1v) is 8.47. The molecule has 2 N–H and O–H groups in total. The summed E-state index contributed by atoms with van der Waals surface area (Å²) in [6.45, 7) is 2.43. The molecule has 0 radical (unpaired) electrons. The number of nitrogens with zero attached hydrogens (tertiary/aromatic N) is 5. The van der Waals surface area contributed by atoms with Crippen molar-refractivity contribution in [3.8, 4) is 0 Å². The molecule has 1 aliphatic rings. The lowest BCUT2D eigenvalue weighted by Gasteiger charge is -2.32. The fraction of sp³-hybridized carbons (Fsp3) is 0.615. The van der Waals surface area contributed by atoms with Crippen LogP contribution in [-0.4, -0.2) is 47.9 Å². The van der Waals surface area contributed by atoms with Gasteiger partial charge in [-0.25, -0.2) is 23.9 Å². The van der Waals surface area contributed by atoms with Crippen molar-refractivity contribution >= 4 is 28.2 Å². The fourth-order valence-corrected chi connectivity index (χ4v) is 3.24. The van der Waals surface area contributed by atoms with Crippen LogP contribution in [0.15, 0.2) is 12.7 Å². The van der Waals surface area contributed by atoms with Crippen LogP contribution in [0.1, 0.15) is 19.3 Å². The zero-order chi connectivity index (χ0) is 15.5. The van der Waals surface area contributed by atoms with E-state index in [0.717, 1.165) is 49.3 Å². The van der Waals surface area contributed by atoms with Gasteiger partial charge in [0.05, 0.1) is 6.33 Å². The van der Waals surface area contributed by atoms with Crippen molar-refractivity contribution in [2.75, 3.05) is 24.5 Å². The van der Waals surface area contributed by atoms with Crippen molar-refractivity contribution in [1.82, 2.24) is 24.2 Å². The van der Waals surface area contributed by atoms with Gasteiger partial charge in [-0.3, -0.25) is 4.55 Å². The Hall–Kier alpha value is -1.58. The zero-order valence-electron chi connectivity index (χ0n) is 12.5. The van der Waals surface area contributed by atoms with Crippen molar-refractivity contribution < 1.29 is 8.76 Å². The van der Waals surface area contributed by atoms with Gasteiger partial charge in [-0.15, -0.1) is 0 Å². The maximum Gasteiger partial charge on any atom is 0.231 e. The number of hydrogen-bond donors (Lipinski definition) is 2. The first-order chi connectivity index (χ1) is 10.6. The van der Waals surface area contributed by atoms with E-state index in [2.05, 4.69) is 24.6 Å². The van der Waals surface area contributed by atoms with Crippen molar-refractivity contribution in [2.45, 2.75) is 19.3 Å². The van der Waals surface area contributed by atoms with Gasteiger partial charge in [-0.2, -0.15) is 0 Å². The Bertz CT molecular complexity index is 668. The van der Waals surface area contributed by atoms with E-state index in [0.29, 0.717) is 12.5 Å². The van der Waals surface area contributed by atoms with Gasteiger partial charge in [-0.05, 0) is 25.2 Å². The van der Waals surface area contributed by atoms with Crippen LogP contribution in [0.3, 0.4) is 0 Å². The third-order valence-electron chi connectivity index (χ3n) is 4.17. The Morgan fingerprint density at radius 2 is 2.14 bits per heavy atom. The van der Waals surface area contributed by atoms with Crippen LogP contribution in [0, 0.1) is 5.92 Å². The van der Waals surface area contributed by atoms with Crippen LogP contribution in [0.25, 0.3) is 11.2 Å². The van der Waals surface area contributed by atoms with Gasteiger partial charge in [0.2, 0.25) is 11.3 Å². The molecule has 1 aliphatic heterocycles. The van der Waals surface area contributed by atoms with E-state index < -0.39 is 11.3 Å². The lowest BCUT2D eigenvalue weighted by molar-refractivity contribution is 0.380. The lowest BCUT2D eigenvalue weighted by Crippen LogP contribution is -2.35. The molecular formula is C13H20N6O2S. The Balaban J connectivity index is 1.62. The van der Waals surface area contributed by atoms with Gasteiger partial charge in [0, 0.05) is 26.7 Å². The highest BCUT2D eigenvalue weighted by Crippen LogP contribution is 2.27. The summed E-state index contributed by atoms with van der Waals surface area (Å²) >= 11 is -1.91. The van der Waals surface area contributed by atoms with E-state index >= 15 is 0 Å². The van der Waals surface area contributed by atoms with E-state index in [1.54, 1.807) is 12.7 Å². The van der Waals surface area contributed by atoms with E-state index in [4.69, 9.17) is 4.55 Å². The Morgan fingerprint density at radius 3 is 2.86 bits per heavy atom. The lowest BCUT2D eigenvalue weighted by atomic mass is 9.93. The summed E-state index contributed by atoms with van der Waals surface area (Å²) in [6, 6.07) is 0. The molecule has 0 aliphatic carbocycles. The summed E-state index contributed by atoms with van der Waals surface area (Å²) in [4.78, 5) is 15.3. The van der Waals surface area contributed by atoms with E-state index in [1.165, 1.54) is 0 Å². The van der Waals surface area contributed by atoms with Gasteiger partial charge in [0.15, 0.2) is 17.0 Å². The molecule has 1 atom stereocenters. The second-order valence-electron chi connectivity index (χ2n) is 5.59. The number of aryl methyl sites for hydroxylation is 1. The Labute approximate surface area is 131 Å². The summed E-state index contributed by atoms with van der Waals surface area (Å²) in [6.07, 6.45) is 6.38. The van der Waals surface area contributed by atoms with Gasteiger partial charge in [0.25, 0.3) is 0 Å². The number of nitrogens with one attached hydrogen (secondary N) is 1. The average Bonchev–Trinajstić information content (AvgIpc) is 2.89. The molecule has 22 heavy (non-hydrogen) atoms. The molecule has 0 saturated carbocycles. The van der Waals surface area contributed by atoms with Crippen molar-refractivity contribution in [3.63, 3.8) is 0 Å². The molecule has 0 aromatic carbocycles. The summed E-state index contributed by atoms with van der Waals surface area (Å²) in [7, 11) is 1.93. The number of hydrogen-bond acceptors (Lipinski definition) is 5. The topological polar surface area (TPSA) is 96.2 Å². The molecule has 0 spiro atoms. The predicted octanol–water partition coefficient (Wildman–Crippen LogP) is 0.696. The molecule has 0 bridgehead atoms. The van der Waals surface area contributed by atoms with Crippen LogP contribution in [0.4, 0.5) is 5.82 Å². The van der Waals surface area contributed by atoms with E-state index in [1.807, 2.05) is 11.6 Å². The predicted molar refractivity (Wildman–Crippen MR) is 84.6 cm³/mol. The molecule has 1 saturated heterocycles. The maximum absolute atomic E-state index is 10.6. The molecular weight excluding hydrogens is 304 g/mol. The monoisotopic (exact) mass is 324 g/mol. The van der Waals surface area contributed by atoms with Crippen LogP contribution in [-0.2, 0) is 18.3 Å². The van der Waals surface area contributed by atoms with Crippen LogP contribution in [0.2, 0.25) is 0 Å². The Kier molecular flexibility index (Phi) is 4.65. The maximum atomic E-state index is 10.6. The first-order valence-electron chi connectivity index (χ1n) is 7.36. The van der Waals surface area contributed by atoms with Crippen LogP contribution < -0.4 is 9.62 Å². The highest BCUT2D eigenvalue weighted by molar-refractivity contribution is 7.77. The minimum Gasteiger partial charge on any atom is -0.355 e. The molecule has 0 amide bonds. The molecule has 8 nitrogen and oxygen atoms in total. The second kappa shape index (κ2) is 6.67. The number of piperidine rings is 1. The molecule has 2 aromatic rings. The number of imidazole rings is 1. The molecule has 1 unspecified atom stereocenters. The fourth-order valence-electron chi connectivity index (χ4n) is 2.95. The van der Waals surface area contributed by atoms with Gasteiger partial charge < -0.3 is 9.47 Å². The van der Waals surface area contributed by atoms with Crippen molar-refractivity contribution in [2.24, 2.45) is 13.0 Å². The number of rotatable bonds is 5. The summed E-state index contributed by atoms with van der Waals surface area (Å²) in [5, 5.41) is 0. The van der Waals surface area contributed by atoms with E-state index in [-0.39, 0.29) is 0 Å². The Morgan fingerprint density at radius 1 is 1.36 bits per heavy atom. The molecule has 1 fully saturated rings. The van der Waals surface area contributed by atoms with Crippen LogP contribution in [0.5, 0.6) is 0 Å². The van der Waals surface area contributed by atoms with Gasteiger partial charge in [-0.1, -0.05) is 0 Å². The molecule has 3 rings (SSSR count). The van der Waals surface area contributed by atoms with Crippen molar-refractivity contribution in [3.05, 3.63) is 12.7 Å². The van der Waals surface area contributed by atoms with Crippen molar-refractivity contribution in [1.29, 1.82) is 0 Å². The minimum absolute atomic E-state index is 0.575. The molecule has 9 heteroatoms. The SMILES string of the molecule is Cn1cnc2c(N3CCC(CCNS(=O)O)CC3)ncnc21. The summed E-state index contributed by atoms with van der Waals surface area (Å²) in [5.74, 6) is 1.48. The van der Waals surface area contributed by atoms with Crippen LogP contribution >= 0.6 is 0 Å². The first kappa shape index (κ1) is 15.3. The third kappa shape index (κ3) is 3.26. The smallest absolute Gasteiger partial charge is 0.231 e. The number of anilines is 1. The number of aromatic nitrogens is 4. The minimum atomic E-state index is -1.91. The molecule has 120 valence electrons. The van der Waals surface area contributed by atoms with Gasteiger partial charge in [0.1, 0.15) is 6.33 Å². The zero-order valence-corrected chi connectivity index (χ0v) is 13.3. The highest BCUT2D eigenvalue weighted by atomic mass is 32.2. The third-order valence-corrected chi connectivity index (χ3v) is 4.62. The highest BCUT2D eigenvalue weighted by Gasteiger charge is 2.22. The summed E-state index contributed by atoms with van der Waals surface area (Å²) < 4.78 is 23.7. The largest absolute Gasteiger partial charge is 0.355 e. The number of fused-ring (bicyclic) bond motifs is 1. The molecule has 3 heterocycles. The standard InChI is InChI=1S/C13H20N6O2S/c1-18-9-16-11-12(18)14-8-15-13(11)19-6-3-10(4-7-19)2-5-17-22(20)21/h8-10,17H,2-7H2,1H3,(H,20,21). The summed E-state index contributed by atoms with van der Waals surface area (Å²) in [5.41, 5.74) is 1.70. The quantitative estimate of drug-likeness (QED) is 0.786. The van der Waals surface area contributed by atoms with Gasteiger partial charge >= 0.3 is 0 Å². The molecule has 2 aromatic heterocycles.